The lowest BCUT2D eigenvalue weighted by molar-refractivity contribution is 0.0383. The van der Waals surface area contributed by atoms with Gasteiger partial charge >= 0.3 is 0 Å². The number of amides is 2. The summed E-state index contributed by atoms with van der Waals surface area (Å²) in [7, 11) is 0. The Hall–Kier alpha value is -2.71. The van der Waals surface area contributed by atoms with Gasteiger partial charge in [0.2, 0.25) is 0 Å². The van der Waals surface area contributed by atoms with E-state index in [-0.39, 0.29) is 11.8 Å². The maximum atomic E-state index is 12.3. The molecule has 8 nitrogen and oxygen atoms in total. The first-order chi connectivity index (χ1) is 12.6. The number of aromatic nitrogens is 1. The lowest BCUT2D eigenvalue weighted by Crippen LogP contribution is -2.41. The van der Waals surface area contributed by atoms with Crippen LogP contribution >= 0.6 is 0 Å². The van der Waals surface area contributed by atoms with Gasteiger partial charge in [0.25, 0.3) is 11.8 Å². The molecule has 0 unspecified atom stereocenters. The van der Waals surface area contributed by atoms with Gasteiger partial charge in [0.1, 0.15) is 5.76 Å². The van der Waals surface area contributed by atoms with E-state index >= 15 is 0 Å². The van der Waals surface area contributed by atoms with Gasteiger partial charge in [-0.1, -0.05) is 11.2 Å². The van der Waals surface area contributed by atoms with Gasteiger partial charge < -0.3 is 19.9 Å². The van der Waals surface area contributed by atoms with Crippen LogP contribution < -0.4 is 10.6 Å². The predicted molar refractivity (Wildman–Crippen MR) is 95.2 cm³/mol. The third kappa shape index (κ3) is 4.90. The van der Waals surface area contributed by atoms with E-state index in [2.05, 4.69) is 20.7 Å². The summed E-state index contributed by atoms with van der Waals surface area (Å²) in [6.07, 6.45) is 0. The van der Waals surface area contributed by atoms with Crippen LogP contribution in [-0.2, 0) is 4.74 Å². The van der Waals surface area contributed by atoms with Gasteiger partial charge in [0, 0.05) is 43.4 Å². The highest BCUT2D eigenvalue weighted by atomic mass is 16.5. The first-order valence-electron chi connectivity index (χ1n) is 8.55. The number of nitrogens with zero attached hydrogens (tertiary/aromatic N) is 2. The third-order valence-corrected chi connectivity index (χ3v) is 4.07. The molecule has 1 saturated heterocycles. The Morgan fingerprint density at radius 1 is 1.15 bits per heavy atom. The molecule has 2 aromatic rings. The van der Waals surface area contributed by atoms with Crippen molar-refractivity contribution in [3.05, 3.63) is 47.2 Å². The Morgan fingerprint density at radius 2 is 1.88 bits per heavy atom. The number of carbonyl (C=O) groups is 2. The number of ether oxygens (including phenoxy) is 1. The summed E-state index contributed by atoms with van der Waals surface area (Å²) < 4.78 is 10.2. The Bertz CT molecular complexity index is 768. The zero-order valence-electron chi connectivity index (χ0n) is 14.7. The molecule has 0 saturated carbocycles. The number of morpholine rings is 1. The van der Waals surface area contributed by atoms with E-state index in [0.717, 1.165) is 32.8 Å². The van der Waals surface area contributed by atoms with E-state index in [9.17, 15) is 9.59 Å². The molecule has 0 spiro atoms. The molecule has 3 rings (SSSR count). The number of benzene rings is 1. The van der Waals surface area contributed by atoms with Crippen molar-refractivity contribution >= 4 is 17.6 Å². The fourth-order valence-corrected chi connectivity index (χ4v) is 2.67. The number of hydrogen-bond donors (Lipinski definition) is 2. The molecular formula is C18H22N4O4. The Morgan fingerprint density at radius 3 is 2.58 bits per heavy atom. The molecule has 1 fully saturated rings. The monoisotopic (exact) mass is 358 g/mol. The Balaban J connectivity index is 1.53. The zero-order chi connectivity index (χ0) is 18.4. The van der Waals surface area contributed by atoms with Crippen LogP contribution in [0.3, 0.4) is 0 Å². The van der Waals surface area contributed by atoms with Gasteiger partial charge in [-0.3, -0.25) is 14.5 Å². The van der Waals surface area contributed by atoms with Gasteiger partial charge in [-0.15, -0.1) is 0 Å². The first kappa shape index (κ1) is 18.1. The van der Waals surface area contributed by atoms with E-state index < -0.39 is 0 Å². The molecule has 1 aromatic carbocycles. The Labute approximate surface area is 151 Å². The number of anilines is 1. The minimum atomic E-state index is -0.346. The van der Waals surface area contributed by atoms with E-state index in [4.69, 9.17) is 9.26 Å². The molecule has 1 aromatic heterocycles. The molecular weight excluding hydrogens is 336 g/mol. The highest BCUT2D eigenvalue weighted by molar-refractivity contribution is 6.05. The van der Waals surface area contributed by atoms with E-state index in [0.29, 0.717) is 29.2 Å². The first-order valence-corrected chi connectivity index (χ1v) is 8.55. The smallest absolute Gasteiger partial charge is 0.256 e. The van der Waals surface area contributed by atoms with Crippen LogP contribution in [0.4, 0.5) is 5.82 Å². The third-order valence-electron chi connectivity index (χ3n) is 4.07. The maximum Gasteiger partial charge on any atom is 0.256 e. The summed E-state index contributed by atoms with van der Waals surface area (Å²) in [5.41, 5.74) is 0.822. The summed E-state index contributed by atoms with van der Waals surface area (Å²) in [6, 6.07) is 8.19. The SMILES string of the molecule is Cc1cc(NC(=O)c2cccc(C(=O)NCCN3CCOCC3)c2)no1. The fraction of sp³-hybridized carbons (Fsp3) is 0.389. The molecule has 2 amide bonds. The second-order valence-corrected chi connectivity index (χ2v) is 6.07. The summed E-state index contributed by atoms with van der Waals surface area (Å²) >= 11 is 0. The quantitative estimate of drug-likeness (QED) is 0.808. The standard InChI is InChI=1S/C18H22N4O4/c1-13-11-16(21-26-13)20-18(24)15-4-2-3-14(12-15)17(23)19-5-6-22-7-9-25-10-8-22/h2-4,11-12H,5-10H2,1H3,(H,19,23)(H,20,21,24). The molecule has 0 bridgehead atoms. The number of carbonyl (C=O) groups excluding carboxylic acids is 2. The minimum absolute atomic E-state index is 0.204. The number of hydrogen-bond acceptors (Lipinski definition) is 6. The van der Waals surface area contributed by atoms with Crippen molar-refractivity contribution in [3.8, 4) is 0 Å². The number of nitrogens with one attached hydrogen (secondary N) is 2. The molecule has 0 atom stereocenters. The van der Waals surface area contributed by atoms with Gasteiger partial charge in [-0.05, 0) is 25.1 Å². The van der Waals surface area contributed by atoms with Gasteiger partial charge in [0.15, 0.2) is 5.82 Å². The predicted octanol–water partition coefficient (Wildman–Crippen LogP) is 1.30. The van der Waals surface area contributed by atoms with Gasteiger partial charge in [-0.25, -0.2) is 0 Å². The molecule has 138 valence electrons. The van der Waals surface area contributed by atoms with Crippen LogP contribution in [0.1, 0.15) is 26.5 Å². The summed E-state index contributed by atoms with van der Waals surface area (Å²) in [5, 5.41) is 9.25. The molecule has 8 heteroatoms. The lowest BCUT2D eigenvalue weighted by atomic mass is 10.1. The molecule has 0 radical (unpaired) electrons. The largest absolute Gasteiger partial charge is 0.379 e. The average molecular weight is 358 g/mol. The van der Waals surface area contributed by atoms with Crippen LogP contribution in [0.15, 0.2) is 34.9 Å². The molecule has 1 aliphatic rings. The number of aryl methyl sites for hydroxylation is 1. The highest BCUT2D eigenvalue weighted by Crippen LogP contribution is 2.11. The van der Waals surface area contributed by atoms with Gasteiger partial charge in [0.05, 0.1) is 13.2 Å². The second kappa shape index (κ2) is 8.59. The van der Waals surface area contributed by atoms with Crippen molar-refractivity contribution in [1.29, 1.82) is 0 Å². The van der Waals surface area contributed by atoms with E-state index in [1.807, 2.05) is 0 Å². The van der Waals surface area contributed by atoms with Crippen molar-refractivity contribution in [1.82, 2.24) is 15.4 Å². The molecule has 2 heterocycles. The van der Waals surface area contributed by atoms with E-state index in [1.165, 1.54) is 0 Å². The minimum Gasteiger partial charge on any atom is -0.379 e. The molecule has 1 aliphatic heterocycles. The lowest BCUT2D eigenvalue weighted by Gasteiger charge is -2.26. The van der Waals surface area contributed by atoms with Crippen LogP contribution in [0.25, 0.3) is 0 Å². The van der Waals surface area contributed by atoms with Crippen LogP contribution in [0.2, 0.25) is 0 Å². The average Bonchev–Trinajstić information content (AvgIpc) is 3.07. The summed E-state index contributed by atoms with van der Waals surface area (Å²) in [4.78, 5) is 26.8. The number of rotatable bonds is 6. The summed E-state index contributed by atoms with van der Waals surface area (Å²) in [6.45, 7) is 6.30. The van der Waals surface area contributed by atoms with Crippen molar-refractivity contribution in [2.24, 2.45) is 0 Å². The summed E-state index contributed by atoms with van der Waals surface area (Å²) in [5.74, 6) is 0.396. The van der Waals surface area contributed by atoms with Crippen LogP contribution in [0, 0.1) is 6.92 Å². The fourth-order valence-electron chi connectivity index (χ4n) is 2.67. The molecule has 2 N–H and O–H groups in total. The van der Waals surface area contributed by atoms with Crippen molar-refractivity contribution < 1.29 is 18.8 Å². The van der Waals surface area contributed by atoms with Crippen molar-refractivity contribution in [2.75, 3.05) is 44.7 Å². The second-order valence-electron chi connectivity index (χ2n) is 6.07. The Kier molecular flexibility index (Phi) is 5.98. The normalized spacial score (nSPS) is 14.8. The van der Waals surface area contributed by atoms with Crippen molar-refractivity contribution in [3.63, 3.8) is 0 Å². The topological polar surface area (TPSA) is 96.7 Å². The van der Waals surface area contributed by atoms with Crippen LogP contribution in [-0.4, -0.2) is 61.3 Å². The molecule has 0 aliphatic carbocycles. The maximum absolute atomic E-state index is 12.3. The van der Waals surface area contributed by atoms with Crippen molar-refractivity contribution in [2.45, 2.75) is 6.92 Å². The molecule has 26 heavy (non-hydrogen) atoms. The zero-order valence-corrected chi connectivity index (χ0v) is 14.7. The highest BCUT2D eigenvalue weighted by Gasteiger charge is 2.13. The van der Waals surface area contributed by atoms with Gasteiger partial charge in [-0.2, -0.15) is 0 Å². The van der Waals surface area contributed by atoms with E-state index in [1.54, 1.807) is 37.3 Å². The van der Waals surface area contributed by atoms with Crippen LogP contribution in [0.5, 0.6) is 0 Å².